The van der Waals surface area contributed by atoms with Crippen LogP contribution in [0.5, 0.6) is 0 Å². The summed E-state index contributed by atoms with van der Waals surface area (Å²) >= 11 is 0. The Morgan fingerprint density at radius 2 is 2.00 bits per heavy atom. The second kappa shape index (κ2) is 8.98. The summed E-state index contributed by atoms with van der Waals surface area (Å²) in [6.07, 6.45) is 0.0870. The fourth-order valence-corrected chi connectivity index (χ4v) is 1.36. The molecule has 0 aromatic heterocycles. The Morgan fingerprint density at radius 1 is 1.39 bits per heavy atom. The molecule has 0 aliphatic rings. The van der Waals surface area contributed by atoms with Crippen LogP contribution in [0.1, 0.15) is 26.7 Å². The van der Waals surface area contributed by atoms with Crippen LogP contribution in [-0.2, 0) is 9.59 Å². The third-order valence-corrected chi connectivity index (χ3v) is 2.66. The molecule has 0 spiro atoms. The number of carbonyl (C=O) groups is 2. The monoisotopic (exact) mass is 260 g/mol. The van der Waals surface area contributed by atoms with E-state index in [1.165, 1.54) is 6.92 Å². The molecule has 0 saturated carbocycles. The van der Waals surface area contributed by atoms with Crippen LogP contribution in [0.15, 0.2) is 0 Å². The molecule has 0 aromatic carbocycles. The molecule has 0 bridgehead atoms. The zero-order valence-corrected chi connectivity index (χ0v) is 11.2. The number of likely N-dealkylation sites (N-methyl/N-ethyl adjacent to an activating group) is 1. The van der Waals surface area contributed by atoms with Crippen molar-refractivity contribution in [3.8, 4) is 0 Å². The molecule has 0 rings (SSSR count). The fraction of sp³-hybridized carbons (Fsp3) is 0.818. The van der Waals surface area contributed by atoms with Gasteiger partial charge < -0.3 is 15.7 Å². The van der Waals surface area contributed by atoms with Crippen molar-refractivity contribution in [1.82, 2.24) is 16.0 Å². The van der Waals surface area contributed by atoms with Crippen LogP contribution in [0, 0.1) is 0 Å². The molecule has 0 fully saturated rings. The predicted molar refractivity (Wildman–Crippen MR) is 68.6 cm³/mol. The van der Waals surface area contributed by atoms with Gasteiger partial charge >= 0.3 is 0 Å². The maximum absolute atomic E-state index is 11.6. The number of nitrogens with one attached hydrogen (secondary N) is 3. The summed E-state index contributed by atoms with van der Waals surface area (Å²) < 4.78 is 0. The van der Waals surface area contributed by atoms with Crippen molar-refractivity contribution in [1.29, 1.82) is 0 Å². The van der Waals surface area contributed by atoms with Gasteiger partial charge in [0.05, 0.1) is 12.1 Å². The van der Waals surface area contributed by atoms with Crippen LogP contribution >= 0.6 is 0 Å². The number of aliphatic hydroxyl groups is 1. The zero-order chi connectivity index (χ0) is 14.1. The topological polar surface area (TPSA) is 116 Å². The van der Waals surface area contributed by atoms with Gasteiger partial charge in [-0.3, -0.25) is 20.6 Å². The Hall–Kier alpha value is -1.02. The maximum atomic E-state index is 11.6. The van der Waals surface area contributed by atoms with E-state index in [9.17, 15) is 9.59 Å². The molecule has 106 valence electrons. The maximum Gasteiger partial charge on any atom is 0.237 e. The molecule has 3 atom stereocenters. The highest BCUT2D eigenvalue weighted by molar-refractivity contribution is 5.89. The number of carbonyl (C=O) groups excluding carboxylic acids is 2. The summed E-state index contributed by atoms with van der Waals surface area (Å²) in [4.78, 5) is 23.0. The van der Waals surface area contributed by atoms with Gasteiger partial charge in [0.25, 0.3) is 0 Å². The number of hydrogen-bond acceptors (Lipinski definition) is 6. The van der Waals surface area contributed by atoms with Gasteiger partial charge in [-0.1, -0.05) is 0 Å². The lowest BCUT2D eigenvalue weighted by atomic mass is 10.1. The van der Waals surface area contributed by atoms with Crippen molar-refractivity contribution in [2.75, 3.05) is 13.6 Å². The normalized spacial score (nSPS) is 15.8. The Morgan fingerprint density at radius 3 is 2.44 bits per heavy atom. The van der Waals surface area contributed by atoms with Crippen molar-refractivity contribution >= 4 is 11.7 Å². The Labute approximate surface area is 107 Å². The molecule has 6 N–H and O–H groups in total. The van der Waals surface area contributed by atoms with Crippen molar-refractivity contribution in [2.45, 2.75) is 45.1 Å². The number of ketones is 1. The second-order valence-corrected chi connectivity index (χ2v) is 4.22. The third kappa shape index (κ3) is 7.33. The summed E-state index contributed by atoms with van der Waals surface area (Å²) in [5.41, 5.74) is 5.11. The molecule has 0 aromatic rings. The molecule has 7 nitrogen and oxygen atoms in total. The first-order valence-electron chi connectivity index (χ1n) is 6.03. The Bertz CT molecular complexity index is 271. The van der Waals surface area contributed by atoms with Crippen molar-refractivity contribution in [3.05, 3.63) is 0 Å². The Balaban J connectivity index is 4.08. The number of Topliss-reactive ketones (excluding diaryl/α,β-unsaturated/α-hetero) is 1. The smallest absolute Gasteiger partial charge is 0.237 e. The van der Waals surface area contributed by atoms with Crippen LogP contribution in [0.25, 0.3) is 0 Å². The van der Waals surface area contributed by atoms with Gasteiger partial charge in [0, 0.05) is 0 Å². The van der Waals surface area contributed by atoms with Gasteiger partial charge in [0.15, 0.2) is 12.1 Å². The van der Waals surface area contributed by atoms with Crippen LogP contribution in [0.3, 0.4) is 0 Å². The summed E-state index contributed by atoms with van der Waals surface area (Å²) in [5, 5.41) is 16.9. The number of hydrogen-bond donors (Lipinski definition) is 5. The summed E-state index contributed by atoms with van der Waals surface area (Å²) in [5.74, 6) is -0.288. The molecular weight excluding hydrogens is 236 g/mol. The summed E-state index contributed by atoms with van der Waals surface area (Å²) in [6, 6.07) is -0.833. The highest BCUT2D eigenvalue weighted by Crippen LogP contribution is 1.99. The first-order chi connectivity index (χ1) is 8.38. The van der Waals surface area contributed by atoms with Crippen LogP contribution in [-0.4, -0.2) is 48.8 Å². The van der Waals surface area contributed by atoms with E-state index in [2.05, 4.69) is 16.0 Å². The van der Waals surface area contributed by atoms with E-state index in [0.29, 0.717) is 19.4 Å². The first kappa shape index (κ1) is 17.0. The number of nitrogens with two attached hydrogens (primary N) is 1. The van der Waals surface area contributed by atoms with Gasteiger partial charge in [-0.05, 0) is 40.3 Å². The number of aliphatic hydroxyl groups excluding tert-OH is 1. The average molecular weight is 260 g/mol. The molecule has 1 amide bonds. The van der Waals surface area contributed by atoms with Gasteiger partial charge in [-0.2, -0.15) is 0 Å². The van der Waals surface area contributed by atoms with E-state index in [1.54, 1.807) is 14.0 Å². The van der Waals surface area contributed by atoms with Gasteiger partial charge in [0.2, 0.25) is 5.91 Å². The first-order valence-corrected chi connectivity index (χ1v) is 6.03. The van der Waals surface area contributed by atoms with Crippen molar-refractivity contribution < 1.29 is 14.7 Å². The van der Waals surface area contributed by atoms with E-state index in [0.717, 1.165) is 0 Å². The number of amides is 1. The van der Waals surface area contributed by atoms with Gasteiger partial charge in [-0.25, -0.2) is 0 Å². The predicted octanol–water partition coefficient (Wildman–Crippen LogP) is -1.73. The number of rotatable bonds is 9. The van der Waals surface area contributed by atoms with Crippen LogP contribution in [0.4, 0.5) is 0 Å². The standard InChI is InChI=1S/C11H24N4O3/c1-7(13-3)10(17)15-9(8(2)16)5-4-6-14-11(12)18/h7,9,11,13-14,18H,4-6,12H2,1-3H3,(H,15,17)/t7-,9-,11?/m0/s1. The van der Waals surface area contributed by atoms with E-state index in [4.69, 9.17) is 10.8 Å². The van der Waals surface area contributed by atoms with E-state index in [-0.39, 0.29) is 17.7 Å². The van der Waals surface area contributed by atoms with Crippen molar-refractivity contribution in [3.63, 3.8) is 0 Å². The Kier molecular flexibility index (Phi) is 8.47. The van der Waals surface area contributed by atoms with E-state index < -0.39 is 12.4 Å². The fourth-order valence-electron chi connectivity index (χ4n) is 1.36. The lowest BCUT2D eigenvalue weighted by Gasteiger charge is -2.19. The average Bonchev–Trinajstić information content (AvgIpc) is 2.30. The zero-order valence-electron chi connectivity index (χ0n) is 11.2. The molecule has 0 radical (unpaired) electrons. The largest absolute Gasteiger partial charge is 0.366 e. The minimum Gasteiger partial charge on any atom is -0.366 e. The molecule has 18 heavy (non-hydrogen) atoms. The molecule has 7 heteroatoms. The van der Waals surface area contributed by atoms with Gasteiger partial charge in [0.1, 0.15) is 0 Å². The van der Waals surface area contributed by atoms with E-state index in [1.807, 2.05) is 0 Å². The van der Waals surface area contributed by atoms with Gasteiger partial charge in [-0.15, -0.1) is 0 Å². The lowest BCUT2D eigenvalue weighted by Crippen LogP contribution is -2.48. The highest BCUT2D eigenvalue weighted by Gasteiger charge is 2.19. The molecule has 0 saturated heterocycles. The SMILES string of the molecule is CN[C@@H](C)C(=O)N[C@@H](CCCNC(N)O)C(C)=O. The molecule has 0 aliphatic carbocycles. The summed E-state index contributed by atoms with van der Waals surface area (Å²) in [7, 11) is 1.68. The minimum absolute atomic E-state index is 0.0834. The summed E-state index contributed by atoms with van der Waals surface area (Å²) in [6.45, 7) is 3.65. The van der Waals surface area contributed by atoms with E-state index >= 15 is 0 Å². The second-order valence-electron chi connectivity index (χ2n) is 4.22. The lowest BCUT2D eigenvalue weighted by molar-refractivity contribution is -0.128. The minimum atomic E-state index is -1.06. The molecule has 0 heterocycles. The third-order valence-electron chi connectivity index (χ3n) is 2.66. The molecule has 0 aliphatic heterocycles. The highest BCUT2D eigenvalue weighted by atomic mass is 16.3. The molecular formula is C11H24N4O3. The van der Waals surface area contributed by atoms with Crippen LogP contribution in [0.2, 0.25) is 0 Å². The van der Waals surface area contributed by atoms with Crippen LogP contribution < -0.4 is 21.7 Å². The van der Waals surface area contributed by atoms with Crippen molar-refractivity contribution in [2.24, 2.45) is 5.73 Å². The molecule has 1 unspecified atom stereocenters. The quantitative estimate of drug-likeness (QED) is 0.248.